The van der Waals surface area contributed by atoms with Crippen molar-refractivity contribution in [3.8, 4) is 5.75 Å². The molecule has 1 aliphatic rings. The lowest BCUT2D eigenvalue weighted by Gasteiger charge is -2.17. The number of carboxylic acids is 1. The molecule has 0 fully saturated rings. The number of H-pyrrole nitrogens is 1. The van der Waals surface area contributed by atoms with Crippen LogP contribution in [0.1, 0.15) is 48.9 Å². The van der Waals surface area contributed by atoms with Gasteiger partial charge in [-0.25, -0.2) is 4.99 Å². The van der Waals surface area contributed by atoms with Crippen LogP contribution in [-0.4, -0.2) is 47.9 Å². The number of nitrogens with two attached hydrogens (primary N) is 2. The number of carbonyl (C=O) groups excluding carboxylic acids is 3. The van der Waals surface area contributed by atoms with Gasteiger partial charge in [-0.1, -0.05) is 55.3 Å². The van der Waals surface area contributed by atoms with Crippen molar-refractivity contribution < 1.29 is 42.7 Å². The molecule has 0 spiro atoms. The molecule has 2 amide bonds. The van der Waals surface area contributed by atoms with E-state index in [0.29, 0.717) is 24.2 Å². The summed E-state index contributed by atoms with van der Waals surface area (Å²) in [5, 5.41) is 20.4. The van der Waals surface area contributed by atoms with Gasteiger partial charge in [0.2, 0.25) is 17.6 Å². The molecule has 0 saturated heterocycles. The zero-order valence-corrected chi connectivity index (χ0v) is 29.8. The number of carbonyl (C=O) groups is 3. The second-order valence-corrected chi connectivity index (χ2v) is 12.8. The number of ether oxygens (including phenoxy) is 1. The molecule has 0 saturated carbocycles. The Labute approximate surface area is 309 Å². The number of aromatic amines is 1. The first-order valence-corrected chi connectivity index (χ1v) is 17.3. The quantitative estimate of drug-likeness (QED) is 0.0827. The van der Waals surface area contributed by atoms with Gasteiger partial charge in [0.15, 0.2) is 5.70 Å². The van der Waals surface area contributed by atoms with Crippen LogP contribution in [0.2, 0.25) is 0 Å². The van der Waals surface area contributed by atoms with Crippen LogP contribution in [0.15, 0.2) is 96.1 Å². The number of hydrogen-bond donors (Lipinski definition) is 5. The topological polar surface area (TPSA) is 178 Å². The number of amides is 2. The number of quaternary nitrogens is 1. The number of nitrogen functional groups attached to an aromatic ring is 1. The third-order valence-corrected chi connectivity index (χ3v) is 8.96. The molecule has 2 heterocycles. The van der Waals surface area contributed by atoms with E-state index in [1.54, 1.807) is 19.2 Å². The first-order chi connectivity index (χ1) is 25.8. The minimum Gasteiger partial charge on any atom is -0.542 e. The van der Waals surface area contributed by atoms with Crippen LogP contribution in [-0.2, 0) is 20.8 Å². The van der Waals surface area contributed by atoms with E-state index in [4.69, 9.17) is 25.4 Å². The lowest BCUT2D eigenvalue weighted by atomic mass is 10.0. The molecule has 54 heavy (non-hydrogen) atoms. The maximum atomic E-state index is 13.6. The number of aryl methyl sites for hydroxylation is 1. The average molecular weight is 743 g/mol. The molecule has 0 aliphatic carbocycles. The van der Waals surface area contributed by atoms with E-state index in [2.05, 4.69) is 51.3 Å². The molecule has 0 unspecified atom stereocenters. The molecule has 11 nitrogen and oxygen atoms in total. The zero-order valence-electron chi connectivity index (χ0n) is 29.8. The van der Waals surface area contributed by atoms with Gasteiger partial charge in [-0.15, -0.1) is 0 Å². The molecule has 1 atom stereocenters. The Morgan fingerprint density at radius 3 is 2.39 bits per heavy atom. The lowest BCUT2D eigenvalue weighted by Crippen LogP contribution is -2.87. The Kier molecular flexibility index (Phi) is 12.7. The smallest absolute Gasteiger partial charge is 0.430 e. The van der Waals surface area contributed by atoms with Crippen LogP contribution in [0.25, 0.3) is 27.4 Å². The van der Waals surface area contributed by atoms with Gasteiger partial charge in [0.1, 0.15) is 17.8 Å². The third kappa shape index (κ3) is 10.3. The zero-order chi connectivity index (χ0) is 38.8. The number of methoxy groups -OCH3 is 1. The van der Waals surface area contributed by atoms with E-state index in [9.17, 15) is 22.8 Å². The summed E-state index contributed by atoms with van der Waals surface area (Å²) >= 11 is 0. The number of hydrogen-bond acceptors (Lipinski definition) is 7. The van der Waals surface area contributed by atoms with Crippen molar-refractivity contribution in [1.82, 2.24) is 10.3 Å². The number of carboxylic acid groups (broad SMARTS) is 1. The number of para-hydroxylation sites is 2. The molecule has 282 valence electrons. The SMILES string of the molecule is COc1ccc2[nH]c(C)c(CC(=O)N[C@@H](CCCCCC(=O)Nc3ccccc3N)C3=NC=C(c4ccc5ccccc5c4)[NH2+]3)c2c1.O=C([O-])C(F)(F)F. The number of aliphatic carboxylic acids is 1. The van der Waals surface area contributed by atoms with Crippen molar-refractivity contribution in [2.75, 3.05) is 18.2 Å². The molecular formula is C40H41F3N6O5. The van der Waals surface area contributed by atoms with Crippen molar-refractivity contribution in [2.24, 2.45) is 4.99 Å². The number of halogens is 3. The van der Waals surface area contributed by atoms with Gasteiger partial charge in [-0.2, -0.15) is 13.2 Å². The van der Waals surface area contributed by atoms with Crippen molar-refractivity contribution >= 4 is 62.4 Å². The predicted octanol–water partition coefficient (Wildman–Crippen LogP) is 5.11. The highest BCUT2D eigenvalue weighted by Gasteiger charge is 2.29. The van der Waals surface area contributed by atoms with Crippen LogP contribution in [0, 0.1) is 6.92 Å². The van der Waals surface area contributed by atoms with E-state index in [1.165, 1.54) is 10.8 Å². The van der Waals surface area contributed by atoms with Crippen molar-refractivity contribution in [1.29, 1.82) is 0 Å². The van der Waals surface area contributed by atoms with E-state index in [0.717, 1.165) is 64.3 Å². The minimum absolute atomic E-state index is 0.0591. The summed E-state index contributed by atoms with van der Waals surface area (Å²) in [5.41, 5.74) is 12.1. The molecule has 1 aromatic heterocycles. The molecule has 5 aromatic rings. The number of anilines is 2. The fraction of sp³-hybridized carbons (Fsp3) is 0.250. The summed E-state index contributed by atoms with van der Waals surface area (Å²) in [4.78, 5) is 43.1. The summed E-state index contributed by atoms with van der Waals surface area (Å²) in [5.74, 6) is -1.56. The summed E-state index contributed by atoms with van der Waals surface area (Å²) in [6.07, 6.45) is 0.414. The summed E-state index contributed by atoms with van der Waals surface area (Å²) in [6, 6.07) is 27.5. The van der Waals surface area contributed by atoms with E-state index >= 15 is 0 Å². The van der Waals surface area contributed by atoms with Gasteiger partial charge >= 0.3 is 6.18 Å². The molecule has 14 heteroatoms. The number of alkyl halides is 3. The maximum Gasteiger partial charge on any atom is 0.430 e. The Morgan fingerprint density at radius 2 is 1.67 bits per heavy atom. The third-order valence-electron chi connectivity index (χ3n) is 8.96. The molecule has 0 radical (unpaired) electrons. The highest BCUT2D eigenvalue weighted by atomic mass is 19.4. The van der Waals surface area contributed by atoms with Crippen molar-refractivity contribution in [3.63, 3.8) is 0 Å². The van der Waals surface area contributed by atoms with Crippen LogP contribution in [0.5, 0.6) is 5.75 Å². The van der Waals surface area contributed by atoms with Crippen LogP contribution in [0.3, 0.4) is 0 Å². The Morgan fingerprint density at radius 1 is 0.944 bits per heavy atom. The number of unbranched alkanes of at least 4 members (excludes halogenated alkanes) is 2. The predicted molar refractivity (Wildman–Crippen MR) is 200 cm³/mol. The Bertz CT molecular complexity index is 2210. The Balaban J connectivity index is 0.000000730. The van der Waals surface area contributed by atoms with E-state index in [1.807, 2.05) is 55.6 Å². The molecule has 4 aromatic carbocycles. The number of aliphatic imine (C=N–C) groups is 1. The Hall–Kier alpha value is -6.15. The van der Waals surface area contributed by atoms with Gasteiger partial charge in [-0.3, -0.25) is 14.9 Å². The molecule has 0 bridgehead atoms. The largest absolute Gasteiger partial charge is 0.542 e. The summed E-state index contributed by atoms with van der Waals surface area (Å²) in [6.45, 7) is 1.99. The van der Waals surface area contributed by atoms with Gasteiger partial charge in [0.05, 0.1) is 31.1 Å². The number of rotatable bonds is 13. The number of aromatic nitrogens is 1. The number of nitrogens with one attached hydrogen (secondary N) is 3. The average Bonchev–Trinajstić information content (AvgIpc) is 3.76. The standard InChI is InChI=1S/C38H40N6O3.C2HF3O2/c1-24-29(30-21-28(47-2)18-19-32(30)41-24)22-37(46)43-34(14-4-3-5-15-36(45)42-33-13-9-8-12-31(33)39)38-40-23-35(44-38)27-17-16-25-10-6-7-11-26(25)20-27;3-2(4,5)1(6)7/h6-13,16-21,23,34,41H,3-5,14-15,22,39H2,1-2H3,(H,40,44)(H,42,45)(H,43,46);(H,6,7)/t34-;/m0./s1. The van der Waals surface area contributed by atoms with Crippen molar-refractivity contribution in [3.05, 3.63) is 108 Å². The van der Waals surface area contributed by atoms with Gasteiger partial charge in [0.25, 0.3) is 0 Å². The molecular weight excluding hydrogens is 701 g/mol. The minimum atomic E-state index is -5.19. The highest BCUT2D eigenvalue weighted by Crippen LogP contribution is 2.27. The van der Waals surface area contributed by atoms with Crippen molar-refractivity contribution in [2.45, 2.75) is 57.7 Å². The fourth-order valence-corrected chi connectivity index (χ4v) is 6.15. The van der Waals surface area contributed by atoms with Crippen LogP contribution < -0.4 is 31.5 Å². The monoisotopic (exact) mass is 742 g/mol. The first kappa shape index (κ1) is 39.1. The highest BCUT2D eigenvalue weighted by molar-refractivity contribution is 5.95. The van der Waals surface area contributed by atoms with E-state index in [-0.39, 0.29) is 24.3 Å². The van der Waals surface area contributed by atoms with Gasteiger partial charge < -0.3 is 36.0 Å². The maximum absolute atomic E-state index is 13.6. The van der Waals surface area contributed by atoms with Crippen LogP contribution >= 0.6 is 0 Å². The number of benzene rings is 4. The second kappa shape index (κ2) is 17.6. The molecule has 1 aliphatic heterocycles. The van der Waals surface area contributed by atoms with Gasteiger partial charge in [0, 0.05) is 28.6 Å². The number of nitrogens with zero attached hydrogens (tertiary/aromatic N) is 1. The second-order valence-electron chi connectivity index (χ2n) is 12.8. The fourth-order valence-electron chi connectivity index (χ4n) is 6.15. The molecule has 7 N–H and O–H groups in total. The summed E-state index contributed by atoms with van der Waals surface area (Å²) in [7, 11) is 1.64. The number of fused-ring (bicyclic) bond motifs is 2. The first-order valence-electron chi connectivity index (χ1n) is 17.3. The van der Waals surface area contributed by atoms with Crippen LogP contribution in [0.4, 0.5) is 24.5 Å². The number of amidine groups is 1. The van der Waals surface area contributed by atoms with Gasteiger partial charge in [-0.05, 0) is 78.6 Å². The normalized spacial score (nSPS) is 13.1. The van der Waals surface area contributed by atoms with E-state index < -0.39 is 12.1 Å². The lowest BCUT2D eigenvalue weighted by molar-refractivity contribution is -0.434. The summed E-state index contributed by atoms with van der Waals surface area (Å²) < 4.78 is 37.0. The molecule has 6 rings (SSSR count).